The first-order chi connectivity index (χ1) is 11.6. The largest absolute Gasteiger partial charge is 0.381 e. The number of fused-ring (bicyclic) bond motifs is 2. The molecule has 0 saturated heterocycles. The minimum Gasteiger partial charge on any atom is -0.381 e. The molecule has 2 heterocycles. The molecule has 1 N–H and O–H groups in total. The number of aromatic nitrogens is 1. The van der Waals surface area contributed by atoms with Gasteiger partial charge in [-0.2, -0.15) is 0 Å². The lowest BCUT2D eigenvalue weighted by molar-refractivity contribution is 0.0638. The highest BCUT2D eigenvalue weighted by Gasteiger charge is 2.16. The molecule has 3 nitrogen and oxygen atoms in total. The molecule has 2 rings (SSSR count). The van der Waals surface area contributed by atoms with E-state index in [1.165, 1.54) is 31.2 Å². The Balaban J connectivity index is 2.10. The summed E-state index contributed by atoms with van der Waals surface area (Å²) in [6, 6.07) is 4.83. The lowest BCUT2D eigenvalue weighted by Crippen LogP contribution is -2.23. The monoisotopic (exact) mass is 332 g/mol. The van der Waals surface area contributed by atoms with Crippen LogP contribution in [0.25, 0.3) is 0 Å². The van der Waals surface area contributed by atoms with Crippen molar-refractivity contribution in [3.63, 3.8) is 0 Å². The van der Waals surface area contributed by atoms with Gasteiger partial charge in [-0.25, -0.2) is 4.98 Å². The van der Waals surface area contributed by atoms with E-state index in [0.29, 0.717) is 17.9 Å². The van der Waals surface area contributed by atoms with Crippen LogP contribution < -0.4 is 5.32 Å². The zero-order valence-corrected chi connectivity index (χ0v) is 16.1. The number of hydrogen-bond acceptors (Lipinski definition) is 3. The molecule has 4 atom stereocenters. The van der Waals surface area contributed by atoms with E-state index in [0.717, 1.165) is 37.8 Å². The molecular weight excluding hydrogens is 296 g/mol. The van der Waals surface area contributed by atoms with Gasteiger partial charge in [-0.15, -0.1) is 0 Å². The van der Waals surface area contributed by atoms with E-state index in [4.69, 9.17) is 4.74 Å². The SMILES string of the molecule is CCC1CCc2ccnc(c2)NC(C)CC(CC)COCC(C)C1. The second-order valence-electron chi connectivity index (χ2n) is 7.80. The zero-order chi connectivity index (χ0) is 17.4. The quantitative estimate of drug-likeness (QED) is 0.796. The average Bonchev–Trinajstić information content (AvgIpc) is 2.57. The number of rotatable bonds is 2. The minimum absolute atomic E-state index is 0.423. The van der Waals surface area contributed by atoms with Crippen molar-refractivity contribution in [2.45, 2.75) is 72.3 Å². The first kappa shape index (κ1) is 19.2. The topological polar surface area (TPSA) is 34.2 Å². The van der Waals surface area contributed by atoms with E-state index in [2.05, 4.69) is 50.1 Å². The third-order valence-electron chi connectivity index (χ3n) is 5.39. The smallest absolute Gasteiger partial charge is 0.126 e. The molecule has 0 fully saturated rings. The first-order valence-corrected chi connectivity index (χ1v) is 9.89. The van der Waals surface area contributed by atoms with Gasteiger partial charge in [0, 0.05) is 25.5 Å². The van der Waals surface area contributed by atoms with Crippen LogP contribution in [0.2, 0.25) is 0 Å². The lowest BCUT2D eigenvalue weighted by Gasteiger charge is -2.22. The number of aryl methyl sites for hydroxylation is 1. The van der Waals surface area contributed by atoms with Gasteiger partial charge in [0.05, 0.1) is 0 Å². The molecular formula is C21H36N2O. The van der Waals surface area contributed by atoms with Gasteiger partial charge in [0.1, 0.15) is 5.82 Å². The van der Waals surface area contributed by atoms with Crippen molar-refractivity contribution in [2.24, 2.45) is 17.8 Å². The maximum absolute atomic E-state index is 6.07. The van der Waals surface area contributed by atoms with Crippen molar-refractivity contribution >= 4 is 5.82 Å². The third-order valence-corrected chi connectivity index (χ3v) is 5.39. The summed E-state index contributed by atoms with van der Waals surface area (Å²) < 4.78 is 6.07. The predicted molar refractivity (Wildman–Crippen MR) is 102 cm³/mol. The zero-order valence-electron chi connectivity index (χ0n) is 16.1. The third kappa shape index (κ3) is 6.43. The highest BCUT2D eigenvalue weighted by atomic mass is 16.5. The number of hydrogen-bond donors (Lipinski definition) is 1. The Morgan fingerprint density at radius 2 is 1.92 bits per heavy atom. The van der Waals surface area contributed by atoms with Gasteiger partial charge < -0.3 is 10.1 Å². The van der Waals surface area contributed by atoms with Gasteiger partial charge in [-0.3, -0.25) is 0 Å². The molecule has 24 heavy (non-hydrogen) atoms. The van der Waals surface area contributed by atoms with Crippen molar-refractivity contribution < 1.29 is 4.74 Å². The molecule has 4 unspecified atom stereocenters. The summed E-state index contributed by atoms with van der Waals surface area (Å²) in [5, 5.41) is 3.58. The normalized spacial score (nSPS) is 30.0. The Kier molecular flexibility index (Phi) is 8.04. The van der Waals surface area contributed by atoms with E-state index in [-0.39, 0.29) is 0 Å². The van der Waals surface area contributed by atoms with Gasteiger partial charge in [0.15, 0.2) is 0 Å². The van der Waals surface area contributed by atoms with Crippen LogP contribution >= 0.6 is 0 Å². The summed E-state index contributed by atoms with van der Waals surface area (Å²) in [5.74, 6) is 3.09. The fourth-order valence-corrected chi connectivity index (χ4v) is 3.81. The molecule has 1 aliphatic rings. The van der Waals surface area contributed by atoms with Crippen molar-refractivity contribution in [3.8, 4) is 0 Å². The Morgan fingerprint density at radius 1 is 1.12 bits per heavy atom. The van der Waals surface area contributed by atoms with Crippen molar-refractivity contribution in [1.29, 1.82) is 0 Å². The van der Waals surface area contributed by atoms with Gasteiger partial charge >= 0.3 is 0 Å². The average molecular weight is 333 g/mol. The van der Waals surface area contributed by atoms with Gasteiger partial charge in [0.25, 0.3) is 0 Å². The molecule has 0 saturated carbocycles. The van der Waals surface area contributed by atoms with Crippen LogP contribution in [0.15, 0.2) is 18.3 Å². The number of pyridine rings is 1. The van der Waals surface area contributed by atoms with Gasteiger partial charge in [-0.05, 0) is 68.1 Å². The molecule has 136 valence electrons. The fourth-order valence-electron chi connectivity index (χ4n) is 3.81. The van der Waals surface area contributed by atoms with Crippen LogP contribution in [0.5, 0.6) is 0 Å². The number of nitrogens with one attached hydrogen (secondary N) is 1. The highest BCUT2D eigenvalue weighted by Crippen LogP contribution is 2.23. The Morgan fingerprint density at radius 3 is 2.67 bits per heavy atom. The maximum atomic E-state index is 6.07. The summed E-state index contributed by atoms with van der Waals surface area (Å²) in [6.07, 6.45) is 9.20. The molecule has 0 amide bonds. The molecule has 0 aromatic carbocycles. The molecule has 1 aromatic rings. The predicted octanol–water partition coefficient (Wildman–Crippen LogP) is 5.31. The second kappa shape index (κ2) is 10.0. The van der Waals surface area contributed by atoms with Crippen molar-refractivity contribution in [1.82, 2.24) is 4.98 Å². The van der Waals surface area contributed by atoms with E-state index >= 15 is 0 Å². The molecule has 1 aromatic heterocycles. The minimum atomic E-state index is 0.423. The fraction of sp³-hybridized carbons (Fsp3) is 0.762. The molecule has 0 aliphatic carbocycles. The molecule has 2 bridgehead atoms. The molecule has 3 heteroatoms. The second-order valence-corrected chi connectivity index (χ2v) is 7.80. The van der Waals surface area contributed by atoms with Crippen LogP contribution in [0, 0.1) is 17.8 Å². The van der Waals surface area contributed by atoms with E-state index in [9.17, 15) is 0 Å². The summed E-state index contributed by atoms with van der Waals surface area (Å²) >= 11 is 0. The summed E-state index contributed by atoms with van der Waals surface area (Å²) in [6.45, 7) is 11.0. The van der Waals surface area contributed by atoms with E-state index in [1.54, 1.807) is 0 Å². The Bertz CT molecular complexity index is 477. The van der Waals surface area contributed by atoms with Gasteiger partial charge in [0.2, 0.25) is 0 Å². The van der Waals surface area contributed by atoms with Crippen LogP contribution in [0.1, 0.15) is 65.4 Å². The molecule has 0 radical (unpaired) electrons. The van der Waals surface area contributed by atoms with Crippen molar-refractivity contribution in [2.75, 3.05) is 18.5 Å². The lowest BCUT2D eigenvalue weighted by atomic mass is 9.89. The summed E-state index contributed by atoms with van der Waals surface area (Å²) in [5.41, 5.74) is 1.41. The van der Waals surface area contributed by atoms with Crippen LogP contribution in [-0.2, 0) is 11.2 Å². The number of ether oxygens (including phenoxy) is 1. The van der Waals surface area contributed by atoms with E-state index < -0.39 is 0 Å². The number of nitrogens with zero attached hydrogens (tertiary/aromatic N) is 1. The maximum Gasteiger partial charge on any atom is 0.126 e. The first-order valence-electron chi connectivity index (χ1n) is 9.89. The summed E-state index contributed by atoms with van der Waals surface area (Å²) in [7, 11) is 0. The van der Waals surface area contributed by atoms with Gasteiger partial charge in [-0.1, -0.05) is 33.6 Å². The van der Waals surface area contributed by atoms with E-state index in [1.807, 2.05) is 6.20 Å². The standard InChI is InChI=1S/C21H36N2O/c1-5-18-7-8-20-9-10-22-21(13-20)23-17(4)12-19(6-2)15-24-14-16(3)11-18/h9-10,13,16-19H,5-8,11-12,14-15H2,1-4H3,(H,22,23). The Labute approximate surface area is 148 Å². The Hall–Kier alpha value is -1.09. The summed E-state index contributed by atoms with van der Waals surface area (Å²) in [4.78, 5) is 4.51. The molecule has 0 spiro atoms. The highest BCUT2D eigenvalue weighted by molar-refractivity contribution is 5.38. The van der Waals surface area contributed by atoms with Crippen LogP contribution in [0.4, 0.5) is 5.82 Å². The molecule has 1 aliphatic heterocycles. The van der Waals surface area contributed by atoms with Crippen LogP contribution in [0.3, 0.4) is 0 Å². The number of anilines is 1. The van der Waals surface area contributed by atoms with Crippen LogP contribution in [-0.4, -0.2) is 24.2 Å². The van der Waals surface area contributed by atoms with Crippen molar-refractivity contribution in [3.05, 3.63) is 23.9 Å².